The van der Waals surface area contributed by atoms with E-state index in [4.69, 9.17) is 21.3 Å². The second-order valence-corrected chi connectivity index (χ2v) is 12.3. The van der Waals surface area contributed by atoms with E-state index in [0.717, 1.165) is 25.1 Å². The maximum absolute atomic E-state index is 13.2. The van der Waals surface area contributed by atoms with Gasteiger partial charge in [0.2, 0.25) is 5.95 Å². The molecule has 1 amide bonds. The van der Waals surface area contributed by atoms with Crippen LogP contribution in [0.1, 0.15) is 60.9 Å². The van der Waals surface area contributed by atoms with Crippen molar-refractivity contribution in [1.82, 2.24) is 15.3 Å². The molecule has 1 aromatic carbocycles. The Kier molecular flexibility index (Phi) is 12.9. The van der Waals surface area contributed by atoms with Gasteiger partial charge in [0.05, 0.1) is 26.1 Å². The first-order valence-corrected chi connectivity index (χ1v) is 15.1. The summed E-state index contributed by atoms with van der Waals surface area (Å²) in [5, 5.41) is 6.78. The third-order valence-corrected chi connectivity index (χ3v) is 8.85. The Labute approximate surface area is 289 Å². The largest absolute Gasteiger partial charge is 1.00 e. The van der Waals surface area contributed by atoms with Crippen LogP contribution in [0.5, 0.6) is 5.75 Å². The first-order valence-electron chi connectivity index (χ1n) is 13.3. The minimum Gasteiger partial charge on any atom is -0.790 e. The van der Waals surface area contributed by atoms with E-state index in [1.807, 2.05) is 12.1 Å². The summed E-state index contributed by atoms with van der Waals surface area (Å²) in [5.41, 5.74) is 1.66. The van der Waals surface area contributed by atoms with Crippen molar-refractivity contribution in [3.05, 3.63) is 40.5 Å². The van der Waals surface area contributed by atoms with Gasteiger partial charge in [-0.25, -0.2) is 4.98 Å². The van der Waals surface area contributed by atoms with Gasteiger partial charge in [-0.05, 0) is 74.0 Å². The molecule has 0 atom stereocenters. The summed E-state index contributed by atoms with van der Waals surface area (Å²) in [6.45, 7) is 2.66. The molecule has 1 spiro atoms. The number of rotatable bonds is 10. The van der Waals surface area contributed by atoms with Gasteiger partial charge < -0.3 is 39.1 Å². The third-order valence-electron chi connectivity index (χ3n) is 8.00. The average molecular weight is 624 g/mol. The van der Waals surface area contributed by atoms with Crippen LogP contribution in [0.4, 0.5) is 11.8 Å². The molecule has 15 heteroatoms. The zero-order valence-electron chi connectivity index (χ0n) is 23.9. The van der Waals surface area contributed by atoms with E-state index >= 15 is 0 Å². The van der Waals surface area contributed by atoms with Crippen molar-refractivity contribution in [2.45, 2.75) is 57.6 Å². The summed E-state index contributed by atoms with van der Waals surface area (Å²) in [6, 6.07) is 5.51. The topological polar surface area (TPSA) is 152 Å². The van der Waals surface area contributed by atoms with Crippen LogP contribution in [0, 0.1) is 11.3 Å². The van der Waals surface area contributed by atoms with E-state index in [0.29, 0.717) is 72.3 Å². The number of methoxy groups -OCH3 is 1. The van der Waals surface area contributed by atoms with Gasteiger partial charge in [0.25, 0.3) is 5.91 Å². The summed E-state index contributed by atoms with van der Waals surface area (Å²) in [4.78, 5) is 46.5. The minimum absolute atomic E-state index is 0. The second-order valence-electron chi connectivity index (χ2n) is 10.8. The molecule has 1 saturated heterocycles. The van der Waals surface area contributed by atoms with Crippen LogP contribution in [0.2, 0.25) is 5.02 Å². The van der Waals surface area contributed by atoms with Crippen molar-refractivity contribution in [1.29, 1.82) is 0 Å². The molecular weight excluding hydrogens is 591 g/mol. The van der Waals surface area contributed by atoms with Gasteiger partial charge in [0.15, 0.2) is 0 Å². The first kappa shape index (κ1) is 35.1. The molecule has 2 aromatic rings. The predicted molar refractivity (Wildman–Crippen MR) is 143 cm³/mol. The summed E-state index contributed by atoms with van der Waals surface area (Å²) < 4.78 is 20.7. The quantitative estimate of drug-likeness (QED) is 0.206. The number of phosphoric ester groups is 1. The first-order chi connectivity index (χ1) is 18.6. The number of benzene rings is 1. The number of nitrogens with one attached hydrogen (secondary N) is 2. The van der Waals surface area contributed by atoms with Gasteiger partial charge in [0, 0.05) is 32.4 Å². The van der Waals surface area contributed by atoms with Gasteiger partial charge in [-0.1, -0.05) is 17.7 Å². The zero-order chi connectivity index (χ0) is 27.6. The average Bonchev–Trinajstić information content (AvgIpc) is 3.54. The Balaban J connectivity index is 0.00000231. The Morgan fingerprint density at radius 2 is 1.93 bits per heavy atom. The number of halogens is 1. The molecule has 0 bridgehead atoms. The SMILES string of the molecule is COc1ccc(CNc2nc(N3CCC4(CC4)C3)ncc2C(=O)NCC2CCC(OP(=O)([O-])[O-])CC2)cc1Cl.[Na+].[Na+]. The van der Waals surface area contributed by atoms with Crippen LogP contribution in [0.25, 0.3) is 0 Å². The number of carbonyl (C=O) groups excluding carboxylic acids is 1. The summed E-state index contributed by atoms with van der Waals surface area (Å²) >= 11 is 6.29. The van der Waals surface area contributed by atoms with E-state index in [1.165, 1.54) is 12.8 Å². The van der Waals surface area contributed by atoms with Gasteiger partial charge in [-0.3, -0.25) is 4.79 Å². The van der Waals surface area contributed by atoms with E-state index in [9.17, 15) is 19.1 Å². The van der Waals surface area contributed by atoms with E-state index in [-0.39, 0.29) is 70.9 Å². The van der Waals surface area contributed by atoms with Crippen LogP contribution in [-0.4, -0.2) is 48.7 Å². The zero-order valence-corrected chi connectivity index (χ0v) is 29.5. The fourth-order valence-electron chi connectivity index (χ4n) is 5.48. The smallest absolute Gasteiger partial charge is 0.790 e. The van der Waals surface area contributed by atoms with Crippen molar-refractivity contribution < 1.29 is 87.5 Å². The predicted octanol–water partition coefficient (Wildman–Crippen LogP) is -3.12. The maximum Gasteiger partial charge on any atom is 1.00 e. The maximum atomic E-state index is 13.2. The van der Waals surface area contributed by atoms with Crippen LogP contribution in [-0.2, 0) is 15.6 Å². The molecule has 2 heterocycles. The van der Waals surface area contributed by atoms with Crippen LogP contribution < -0.4 is 89.2 Å². The van der Waals surface area contributed by atoms with E-state index < -0.39 is 13.9 Å². The number of anilines is 2. The fourth-order valence-corrected chi connectivity index (χ4v) is 6.33. The number of amides is 1. The molecule has 2 saturated carbocycles. The van der Waals surface area contributed by atoms with E-state index in [1.54, 1.807) is 19.4 Å². The summed E-state index contributed by atoms with van der Waals surface area (Å²) in [6.07, 6.45) is 6.84. The molecule has 0 unspecified atom stereocenters. The molecule has 212 valence electrons. The molecule has 11 nitrogen and oxygen atoms in total. The molecule has 3 fully saturated rings. The molecule has 3 aliphatic rings. The van der Waals surface area contributed by atoms with Crippen molar-refractivity contribution in [3.63, 3.8) is 0 Å². The Bertz CT molecular complexity index is 1260. The molecule has 2 aliphatic carbocycles. The van der Waals surface area contributed by atoms with Crippen molar-refractivity contribution in [2.75, 3.05) is 37.0 Å². The molecule has 0 radical (unpaired) electrons. The molecule has 1 aliphatic heterocycles. The van der Waals surface area contributed by atoms with Crippen molar-refractivity contribution >= 4 is 37.1 Å². The Hall–Kier alpha value is -0.430. The van der Waals surface area contributed by atoms with Crippen molar-refractivity contribution in [2.24, 2.45) is 11.3 Å². The summed E-state index contributed by atoms with van der Waals surface area (Å²) in [7, 11) is -3.43. The van der Waals surface area contributed by atoms with E-state index in [2.05, 4.69) is 25.0 Å². The Morgan fingerprint density at radius 1 is 1.20 bits per heavy atom. The third kappa shape index (κ3) is 9.53. The van der Waals surface area contributed by atoms with Crippen molar-refractivity contribution in [3.8, 4) is 5.75 Å². The number of nitrogens with zero attached hydrogens (tertiary/aromatic N) is 3. The number of ether oxygens (including phenoxy) is 1. The Morgan fingerprint density at radius 3 is 2.54 bits per heavy atom. The molecule has 1 aromatic heterocycles. The molecular formula is C26H33ClN5Na2O6P. The van der Waals surface area contributed by atoms with Gasteiger partial charge in [0.1, 0.15) is 17.1 Å². The number of hydrogen-bond donors (Lipinski definition) is 2. The van der Waals surface area contributed by atoms with Gasteiger partial charge >= 0.3 is 59.1 Å². The number of aromatic nitrogens is 2. The monoisotopic (exact) mass is 623 g/mol. The number of phosphoric acid groups is 1. The normalized spacial score (nSPS) is 21.0. The van der Waals surface area contributed by atoms with Crippen LogP contribution >= 0.6 is 19.4 Å². The van der Waals surface area contributed by atoms with Gasteiger partial charge in [-0.2, -0.15) is 4.98 Å². The number of carbonyl (C=O) groups is 1. The minimum atomic E-state index is -4.99. The van der Waals surface area contributed by atoms with Crippen LogP contribution in [0.3, 0.4) is 0 Å². The fraction of sp³-hybridized carbons (Fsp3) is 0.577. The molecule has 2 N–H and O–H groups in total. The molecule has 5 rings (SSSR count). The van der Waals surface area contributed by atoms with Crippen LogP contribution in [0.15, 0.2) is 24.4 Å². The second kappa shape index (κ2) is 15.0. The summed E-state index contributed by atoms with van der Waals surface area (Å²) in [5.74, 6) is 1.50. The van der Waals surface area contributed by atoms with Gasteiger partial charge in [-0.15, -0.1) is 0 Å². The number of hydrogen-bond acceptors (Lipinski definition) is 10. The standard InChI is InChI=1S/C26H35ClN5O6P.2Na/c1-37-22-7-4-18(12-21(22)27)14-28-23-20(15-30-25(31-23)32-11-10-26(16-32)8-9-26)24(33)29-13-17-2-5-19(6-3-17)38-39(34,35)36;;/h4,7,12,15,17,19H,2-3,5-6,8-11,13-14,16H2,1H3,(H,29,33)(H,28,30,31)(H2,34,35,36);;/q;2*+1/p-2. The molecule has 41 heavy (non-hydrogen) atoms.